The molecule has 26 heavy (non-hydrogen) atoms. The van der Waals surface area contributed by atoms with E-state index in [1.807, 2.05) is 0 Å². The van der Waals surface area contributed by atoms with E-state index in [9.17, 15) is 9.59 Å². The molecule has 0 spiro atoms. The van der Waals surface area contributed by atoms with Crippen molar-refractivity contribution in [3.8, 4) is 0 Å². The summed E-state index contributed by atoms with van der Waals surface area (Å²) in [6, 6.07) is 0.821. The van der Waals surface area contributed by atoms with Crippen LogP contribution in [-0.2, 0) is 9.59 Å². The second-order valence-corrected chi connectivity index (χ2v) is 7.23. The highest BCUT2D eigenvalue weighted by atomic mass is 16.4. The summed E-state index contributed by atoms with van der Waals surface area (Å²) in [4.78, 5) is 19.1. The Hall–Kier alpha value is -1.40. The molecule has 0 amide bonds. The highest BCUT2D eigenvalue weighted by Crippen LogP contribution is 2.21. The average Bonchev–Trinajstić information content (AvgIpc) is 2.83. The Morgan fingerprint density at radius 1 is 0.731 bits per heavy atom. The number of carboxylic acids is 2. The molecule has 2 rings (SSSR count). The zero-order valence-electron chi connectivity index (χ0n) is 16.0. The molecule has 1 aliphatic carbocycles. The summed E-state index contributed by atoms with van der Waals surface area (Å²) >= 11 is 0. The van der Waals surface area contributed by atoms with Gasteiger partial charge in [0.25, 0.3) is 0 Å². The molecule has 2 aliphatic rings. The van der Waals surface area contributed by atoms with Crippen LogP contribution in [0.3, 0.4) is 0 Å². The number of rotatable bonds is 3. The summed E-state index contributed by atoms with van der Waals surface area (Å²) in [6.45, 7) is 2.49. The molecule has 0 radical (unpaired) electrons. The molecule has 1 saturated carbocycles. The van der Waals surface area contributed by atoms with Crippen molar-refractivity contribution in [3.05, 3.63) is 12.2 Å². The molecule has 0 unspecified atom stereocenters. The first-order chi connectivity index (χ1) is 12.6. The van der Waals surface area contributed by atoms with Crippen molar-refractivity contribution < 1.29 is 19.8 Å². The molecule has 0 atom stereocenters. The van der Waals surface area contributed by atoms with Crippen molar-refractivity contribution in [1.82, 2.24) is 10.4 Å². The number of carboxylic acid groups (broad SMARTS) is 2. The Morgan fingerprint density at radius 3 is 1.73 bits per heavy atom. The van der Waals surface area contributed by atoms with E-state index in [-0.39, 0.29) is 0 Å². The minimum atomic E-state index is -1.26. The van der Waals surface area contributed by atoms with E-state index in [1.54, 1.807) is 0 Å². The molecule has 6 nitrogen and oxygen atoms in total. The molecule has 1 aliphatic heterocycles. The number of hydrazine groups is 1. The van der Waals surface area contributed by atoms with Crippen LogP contribution in [-0.4, -0.2) is 46.3 Å². The van der Waals surface area contributed by atoms with Gasteiger partial charge in [0.05, 0.1) is 0 Å². The van der Waals surface area contributed by atoms with Crippen molar-refractivity contribution in [3.63, 3.8) is 0 Å². The molecule has 150 valence electrons. The maximum Gasteiger partial charge on any atom is 0.328 e. The summed E-state index contributed by atoms with van der Waals surface area (Å²) in [5, 5.41) is 18.2. The van der Waals surface area contributed by atoms with Gasteiger partial charge in [-0.1, -0.05) is 57.8 Å². The van der Waals surface area contributed by atoms with Crippen LogP contribution in [0.4, 0.5) is 0 Å². The molecule has 1 heterocycles. The van der Waals surface area contributed by atoms with Gasteiger partial charge in [-0.3, -0.25) is 5.43 Å². The fourth-order valence-electron chi connectivity index (χ4n) is 3.62. The molecule has 2 fully saturated rings. The minimum Gasteiger partial charge on any atom is -0.478 e. The Kier molecular flexibility index (Phi) is 12.8. The second-order valence-electron chi connectivity index (χ2n) is 7.23. The smallest absolute Gasteiger partial charge is 0.328 e. The van der Waals surface area contributed by atoms with Crippen LogP contribution in [0.25, 0.3) is 0 Å². The van der Waals surface area contributed by atoms with Gasteiger partial charge in [-0.05, 0) is 25.7 Å². The van der Waals surface area contributed by atoms with Gasteiger partial charge in [0.2, 0.25) is 0 Å². The Labute approximate surface area is 157 Å². The Bertz CT molecular complexity index is 368. The van der Waals surface area contributed by atoms with Gasteiger partial charge in [0.1, 0.15) is 0 Å². The number of hydrogen-bond acceptors (Lipinski definition) is 4. The monoisotopic (exact) mass is 368 g/mol. The van der Waals surface area contributed by atoms with Crippen molar-refractivity contribution in [2.24, 2.45) is 0 Å². The minimum absolute atomic E-state index is 0.558. The lowest BCUT2D eigenvalue weighted by molar-refractivity contribution is -0.134. The summed E-state index contributed by atoms with van der Waals surface area (Å²) < 4.78 is 0. The standard InChI is InChI=1S/C16H32N2.C4H4O4/c1-2-5-9-13-16(12-8-4-1)18-15-11-7-3-6-10-14-17-18;5-3(6)1-2-4(7)8/h16-17H,1-15H2;1-2H,(H,5,6)(H,7,8). The summed E-state index contributed by atoms with van der Waals surface area (Å²) in [7, 11) is 0. The largest absolute Gasteiger partial charge is 0.478 e. The predicted octanol–water partition coefficient (Wildman–Crippen LogP) is 3.97. The average molecular weight is 369 g/mol. The van der Waals surface area contributed by atoms with E-state index in [2.05, 4.69) is 10.4 Å². The molecule has 0 aromatic rings. The van der Waals surface area contributed by atoms with Gasteiger partial charge in [0.15, 0.2) is 0 Å². The lowest BCUT2D eigenvalue weighted by Crippen LogP contribution is -2.46. The van der Waals surface area contributed by atoms with Gasteiger partial charge in [-0.2, -0.15) is 0 Å². The summed E-state index contributed by atoms with van der Waals surface area (Å²) in [5.41, 5.74) is 3.73. The second kappa shape index (κ2) is 14.7. The fourth-order valence-corrected chi connectivity index (χ4v) is 3.62. The highest BCUT2D eigenvalue weighted by molar-refractivity contribution is 5.89. The Balaban J connectivity index is 0.000000359. The van der Waals surface area contributed by atoms with Gasteiger partial charge in [0, 0.05) is 31.3 Å². The van der Waals surface area contributed by atoms with E-state index in [4.69, 9.17) is 10.2 Å². The SMILES string of the molecule is C1CCCCC(N2CCCCCCCN2)CCC1.O=C(O)C=CC(=O)O. The third-order valence-electron chi connectivity index (χ3n) is 5.02. The van der Waals surface area contributed by atoms with Crippen molar-refractivity contribution >= 4 is 11.9 Å². The van der Waals surface area contributed by atoms with Gasteiger partial charge < -0.3 is 10.2 Å². The molecule has 0 aromatic carbocycles. The molecular weight excluding hydrogens is 332 g/mol. The maximum atomic E-state index is 9.55. The highest BCUT2D eigenvalue weighted by Gasteiger charge is 2.18. The zero-order valence-corrected chi connectivity index (χ0v) is 16.0. The number of carbonyl (C=O) groups is 2. The number of hydrogen-bond donors (Lipinski definition) is 3. The third-order valence-corrected chi connectivity index (χ3v) is 5.02. The van der Waals surface area contributed by atoms with Gasteiger partial charge >= 0.3 is 11.9 Å². The molecule has 0 aromatic heterocycles. The van der Waals surface area contributed by atoms with Crippen LogP contribution in [0.2, 0.25) is 0 Å². The van der Waals surface area contributed by atoms with Gasteiger partial charge in [-0.25, -0.2) is 14.6 Å². The van der Waals surface area contributed by atoms with Crippen molar-refractivity contribution in [2.75, 3.05) is 13.1 Å². The van der Waals surface area contributed by atoms with E-state index < -0.39 is 11.9 Å². The molecule has 0 bridgehead atoms. The molecular formula is C20H36N2O4. The molecule has 1 saturated heterocycles. The van der Waals surface area contributed by atoms with E-state index in [1.165, 1.54) is 96.6 Å². The lowest BCUT2D eigenvalue weighted by atomic mass is 10.0. The summed E-state index contributed by atoms with van der Waals surface area (Å²) in [6.07, 6.45) is 19.8. The first-order valence-electron chi connectivity index (χ1n) is 10.2. The zero-order chi connectivity index (χ0) is 19.0. The molecule has 3 N–H and O–H groups in total. The summed E-state index contributed by atoms with van der Waals surface area (Å²) in [5.74, 6) is -2.51. The fraction of sp³-hybridized carbons (Fsp3) is 0.800. The van der Waals surface area contributed by atoms with Crippen LogP contribution < -0.4 is 5.43 Å². The van der Waals surface area contributed by atoms with E-state index in [0.29, 0.717) is 12.2 Å². The van der Waals surface area contributed by atoms with E-state index >= 15 is 0 Å². The number of nitrogens with zero attached hydrogens (tertiary/aromatic N) is 1. The molecule has 6 heteroatoms. The lowest BCUT2D eigenvalue weighted by Gasteiger charge is -2.32. The van der Waals surface area contributed by atoms with Crippen LogP contribution in [0, 0.1) is 0 Å². The first-order valence-corrected chi connectivity index (χ1v) is 10.2. The quantitative estimate of drug-likeness (QED) is 0.653. The van der Waals surface area contributed by atoms with E-state index in [0.717, 1.165) is 6.04 Å². The normalized spacial score (nSPS) is 21.8. The first kappa shape index (κ1) is 22.6. The Morgan fingerprint density at radius 2 is 1.19 bits per heavy atom. The van der Waals surface area contributed by atoms with Crippen LogP contribution in [0.5, 0.6) is 0 Å². The third kappa shape index (κ3) is 12.0. The van der Waals surface area contributed by atoms with Crippen LogP contribution >= 0.6 is 0 Å². The number of aliphatic carboxylic acids is 2. The van der Waals surface area contributed by atoms with Gasteiger partial charge in [-0.15, -0.1) is 0 Å². The van der Waals surface area contributed by atoms with Crippen molar-refractivity contribution in [2.45, 2.75) is 89.5 Å². The van der Waals surface area contributed by atoms with Crippen LogP contribution in [0.15, 0.2) is 12.2 Å². The number of nitrogens with one attached hydrogen (secondary N) is 1. The van der Waals surface area contributed by atoms with Crippen LogP contribution in [0.1, 0.15) is 83.5 Å². The van der Waals surface area contributed by atoms with Crippen molar-refractivity contribution in [1.29, 1.82) is 0 Å². The predicted molar refractivity (Wildman–Crippen MR) is 103 cm³/mol. The maximum absolute atomic E-state index is 9.55. The topological polar surface area (TPSA) is 89.9 Å².